The number of aromatic nitrogens is 2. The summed E-state index contributed by atoms with van der Waals surface area (Å²) in [7, 11) is 1.73. The number of anilines is 1. The highest BCUT2D eigenvalue weighted by atomic mass is 32.1. The van der Waals surface area contributed by atoms with Gasteiger partial charge >= 0.3 is 0 Å². The number of nitrogens with zero attached hydrogens (tertiary/aromatic N) is 2. The van der Waals surface area contributed by atoms with Crippen molar-refractivity contribution in [1.29, 1.82) is 0 Å². The smallest absolute Gasteiger partial charge is 0.225 e. The number of rotatable bonds is 5. The van der Waals surface area contributed by atoms with Gasteiger partial charge in [-0.2, -0.15) is 5.10 Å². The molecular weight excluding hydrogens is 272 g/mol. The molecule has 1 aromatic carbocycles. The number of nitrogens with one attached hydrogen (secondary N) is 1. The molecule has 0 radical (unpaired) electrons. The largest absolute Gasteiger partial charge is 0.389 e. The average Bonchev–Trinajstić information content (AvgIpc) is 2.79. The van der Waals surface area contributed by atoms with Gasteiger partial charge in [-0.05, 0) is 12.0 Å². The van der Waals surface area contributed by atoms with Crippen molar-refractivity contribution >= 4 is 28.9 Å². The second kappa shape index (κ2) is 6.29. The molecule has 0 saturated carbocycles. The Balaban J connectivity index is 1.98. The Hall–Kier alpha value is -2.21. The first kappa shape index (κ1) is 14.2. The Morgan fingerprint density at radius 1 is 1.40 bits per heavy atom. The molecule has 0 aliphatic carbocycles. The van der Waals surface area contributed by atoms with E-state index in [1.807, 2.05) is 30.3 Å². The molecule has 2 aromatic rings. The maximum absolute atomic E-state index is 12.0. The van der Waals surface area contributed by atoms with Gasteiger partial charge in [0, 0.05) is 13.5 Å². The predicted octanol–water partition coefficient (Wildman–Crippen LogP) is 1.63. The lowest BCUT2D eigenvalue weighted by molar-refractivity contribution is -0.116. The number of carbonyl (C=O) groups is 1. The van der Waals surface area contributed by atoms with Gasteiger partial charge in [-0.3, -0.25) is 9.48 Å². The third-order valence-corrected chi connectivity index (χ3v) is 3.17. The van der Waals surface area contributed by atoms with Gasteiger partial charge in [0.1, 0.15) is 10.8 Å². The third kappa shape index (κ3) is 3.42. The van der Waals surface area contributed by atoms with Gasteiger partial charge in [0.05, 0.1) is 11.8 Å². The van der Waals surface area contributed by atoms with Crippen LogP contribution in [-0.2, 0) is 18.3 Å². The molecule has 0 aliphatic rings. The van der Waals surface area contributed by atoms with Crippen LogP contribution in [0.1, 0.15) is 17.5 Å². The summed E-state index contributed by atoms with van der Waals surface area (Å²) in [6.45, 7) is 0. The van der Waals surface area contributed by atoms with Crippen LogP contribution in [-0.4, -0.2) is 20.7 Å². The van der Waals surface area contributed by atoms with E-state index in [1.165, 1.54) is 0 Å². The Bertz CT molecular complexity index is 621. The van der Waals surface area contributed by atoms with E-state index in [9.17, 15) is 4.79 Å². The number of carbonyl (C=O) groups excluding carboxylic acids is 1. The Labute approximate surface area is 122 Å². The Kier molecular flexibility index (Phi) is 4.47. The molecule has 5 nitrogen and oxygen atoms in total. The van der Waals surface area contributed by atoms with Gasteiger partial charge in [-0.15, -0.1) is 0 Å². The van der Waals surface area contributed by atoms with Crippen LogP contribution in [0.2, 0.25) is 0 Å². The summed E-state index contributed by atoms with van der Waals surface area (Å²) in [4.78, 5) is 12.2. The van der Waals surface area contributed by atoms with E-state index in [1.54, 1.807) is 17.9 Å². The van der Waals surface area contributed by atoms with Crippen molar-refractivity contribution in [2.75, 3.05) is 5.32 Å². The summed E-state index contributed by atoms with van der Waals surface area (Å²) in [6.07, 6.45) is 2.63. The summed E-state index contributed by atoms with van der Waals surface area (Å²) in [6, 6.07) is 9.86. The number of aryl methyl sites for hydroxylation is 2. The van der Waals surface area contributed by atoms with Crippen molar-refractivity contribution in [1.82, 2.24) is 9.78 Å². The number of thiocarbonyl (C=S) groups is 1. The Morgan fingerprint density at radius 2 is 2.10 bits per heavy atom. The van der Waals surface area contributed by atoms with Crippen LogP contribution in [0.3, 0.4) is 0 Å². The molecular formula is C14H16N4OS. The fraction of sp³-hybridized carbons (Fsp3) is 0.214. The van der Waals surface area contributed by atoms with Crippen molar-refractivity contribution < 1.29 is 4.79 Å². The molecule has 104 valence electrons. The molecule has 2 rings (SSSR count). The molecule has 0 unspecified atom stereocenters. The van der Waals surface area contributed by atoms with Gasteiger partial charge in [0.25, 0.3) is 0 Å². The van der Waals surface area contributed by atoms with Crippen LogP contribution in [0.4, 0.5) is 5.82 Å². The van der Waals surface area contributed by atoms with Crippen molar-refractivity contribution in [3.8, 4) is 0 Å². The minimum atomic E-state index is -0.0880. The highest BCUT2D eigenvalue weighted by molar-refractivity contribution is 7.80. The zero-order valence-electron chi connectivity index (χ0n) is 11.2. The van der Waals surface area contributed by atoms with E-state index >= 15 is 0 Å². The van der Waals surface area contributed by atoms with Crippen molar-refractivity contribution in [3.05, 3.63) is 47.7 Å². The van der Waals surface area contributed by atoms with E-state index in [-0.39, 0.29) is 10.9 Å². The van der Waals surface area contributed by atoms with Crippen molar-refractivity contribution in [2.24, 2.45) is 12.8 Å². The third-order valence-electron chi connectivity index (χ3n) is 2.95. The number of nitrogens with two attached hydrogens (primary N) is 1. The van der Waals surface area contributed by atoms with E-state index in [0.29, 0.717) is 24.2 Å². The molecule has 6 heteroatoms. The lowest BCUT2D eigenvalue weighted by Crippen LogP contribution is -2.19. The maximum Gasteiger partial charge on any atom is 0.225 e. The normalized spacial score (nSPS) is 10.2. The second-order valence-electron chi connectivity index (χ2n) is 4.43. The highest BCUT2D eigenvalue weighted by Gasteiger charge is 2.13. The van der Waals surface area contributed by atoms with Crippen molar-refractivity contribution in [3.63, 3.8) is 0 Å². The van der Waals surface area contributed by atoms with Gasteiger partial charge in [-0.25, -0.2) is 0 Å². The zero-order chi connectivity index (χ0) is 14.5. The van der Waals surface area contributed by atoms with Crippen LogP contribution >= 0.6 is 12.2 Å². The number of benzene rings is 1. The first-order chi connectivity index (χ1) is 9.58. The van der Waals surface area contributed by atoms with E-state index in [0.717, 1.165) is 5.56 Å². The number of hydrogen-bond acceptors (Lipinski definition) is 3. The quantitative estimate of drug-likeness (QED) is 0.820. The second-order valence-corrected chi connectivity index (χ2v) is 4.87. The summed E-state index contributed by atoms with van der Waals surface area (Å²) in [5.41, 5.74) is 7.30. The first-order valence-electron chi connectivity index (χ1n) is 6.23. The van der Waals surface area contributed by atoms with Gasteiger partial charge in [0.15, 0.2) is 0 Å². The predicted molar refractivity (Wildman–Crippen MR) is 82.5 cm³/mol. The maximum atomic E-state index is 12.0. The minimum absolute atomic E-state index is 0.0880. The average molecular weight is 288 g/mol. The standard InChI is InChI=1S/C14H16N4OS/c1-18-14(11(9-16-18)13(15)20)17-12(19)8-7-10-5-3-2-4-6-10/h2-6,9H,7-8H2,1H3,(H2,15,20)(H,17,19). The highest BCUT2D eigenvalue weighted by Crippen LogP contribution is 2.14. The molecule has 3 N–H and O–H groups in total. The molecule has 0 fully saturated rings. The zero-order valence-corrected chi connectivity index (χ0v) is 12.0. The summed E-state index contributed by atoms with van der Waals surface area (Å²) < 4.78 is 1.55. The van der Waals surface area contributed by atoms with Crippen molar-refractivity contribution in [2.45, 2.75) is 12.8 Å². The van der Waals surface area contributed by atoms with Crippen LogP contribution in [0.25, 0.3) is 0 Å². The lowest BCUT2D eigenvalue weighted by Gasteiger charge is -2.08. The fourth-order valence-electron chi connectivity index (χ4n) is 1.86. The fourth-order valence-corrected chi connectivity index (χ4v) is 2.01. The monoisotopic (exact) mass is 288 g/mol. The first-order valence-corrected chi connectivity index (χ1v) is 6.64. The SMILES string of the molecule is Cn1ncc(C(N)=S)c1NC(=O)CCc1ccccc1. The molecule has 0 bridgehead atoms. The Morgan fingerprint density at radius 3 is 2.75 bits per heavy atom. The molecule has 0 aliphatic heterocycles. The minimum Gasteiger partial charge on any atom is -0.389 e. The number of amides is 1. The summed E-state index contributed by atoms with van der Waals surface area (Å²) in [5, 5.41) is 6.85. The van der Waals surface area contributed by atoms with Crippen LogP contribution < -0.4 is 11.1 Å². The molecule has 1 aromatic heterocycles. The molecule has 1 heterocycles. The van der Waals surface area contributed by atoms with Gasteiger partial charge < -0.3 is 11.1 Å². The molecule has 0 spiro atoms. The number of hydrogen-bond donors (Lipinski definition) is 2. The van der Waals surface area contributed by atoms with Crippen LogP contribution in [0.15, 0.2) is 36.5 Å². The molecule has 20 heavy (non-hydrogen) atoms. The van der Waals surface area contributed by atoms with Gasteiger partial charge in [0.2, 0.25) is 5.91 Å². The summed E-state index contributed by atoms with van der Waals surface area (Å²) in [5.74, 6) is 0.450. The summed E-state index contributed by atoms with van der Waals surface area (Å²) >= 11 is 4.93. The molecule has 1 amide bonds. The molecule has 0 saturated heterocycles. The van der Waals surface area contributed by atoms with Gasteiger partial charge in [-0.1, -0.05) is 42.5 Å². The van der Waals surface area contributed by atoms with E-state index < -0.39 is 0 Å². The van der Waals surface area contributed by atoms with Crippen LogP contribution in [0.5, 0.6) is 0 Å². The van der Waals surface area contributed by atoms with Crippen LogP contribution in [0, 0.1) is 0 Å². The molecule has 0 atom stereocenters. The lowest BCUT2D eigenvalue weighted by atomic mass is 10.1. The van der Waals surface area contributed by atoms with E-state index in [4.69, 9.17) is 18.0 Å². The van der Waals surface area contributed by atoms with E-state index in [2.05, 4.69) is 10.4 Å². The topological polar surface area (TPSA) is 72.9 Å².